The number of rotatable bonds is 3. The van der Waals surface area contributed by atoms with E-state index in [1.165, 1.54) is 0 Å². The molecule has 0 aliphatic rings. The topological polar surface area (TPSA) is 48.3 Å². The molecule has 17 heavy (non-hydrogen) atoms. The van der Waals surface area contributed by atoms with Gasteiger partial charge in [0, 0.05) is 6.20 Å². The van der Waals surface area contributed by atoms with Gasteiger partial charge in [-0.05, 0) is 26.0 Å². The summed E-state index contributed by atoms with van der Waals surface area (Å²) < 4.78 is 52.0. The van der Waals surface area contributed by atoms with Gasteiger partial charge in [0.2, 0.25) is 0 Å². The molecule has 94 valence electrons. The Morgan fingerprint density at radius 2 is 2.12 bits per heavy atom. The number of pyridine rings is 1. The second-order valence-corrected chi connectivity index (χ2v) is 5.23. The Balaban J connectivity index is 2.87. The summed E-state index contributed by atoms with van der Waals surface area (Å²) in [5.41, 5.74) is -0.766. The van der Waals surface area contributed by atoms with Crippen molar-refractivity contribution in [3.63, 3.8) is 0 Å². The zero-order chi connectivity index (χ0) is 13.1. The molecule has 3 nitrogen and oxygen atoms in total. The molecular weight excluding hydrogens is 253 g/mol. The van der Waals surface area contributed by atoms with Crippen molar-refractivity contribution >= 4 is 17.6 Å². The van der Waals surface area contributed by atoms with Gasteiger partial charge in [-0.25, -0.2) is 0 Å². The second-order valence-electron chi connectivity index (χ2n) is 3.53. The molecule has 1 rings (SSSR count). The molecule has 0 fully saturated rings. The predicted molar refractivity (Wildman–Crippen MR) is 60.1 cm³/mol. The molecule has 0 N–H and O–H groups in total. The average Bonchev–Trinajstić information content (AvgIpc) is 2.25. The molecule has 0 saturated carbocycles. The lowest BCUT2D eigenvalue weighted by Crippen LogP contribution is -2.11. The van der Waals surface area contributed by atoms with Crippen LogP contribution in [-0.4, -0.2) is 21.0 Å². The summed E-state index contributed by atoms with van der Waals surface area (Å²) in [5, 5.41) is -0.183. The molecule has 1 atom stereocenters. The zero-order valence-corrected chi connectivity index (χ0v) is 10.0. The molecule has 0 bridgehead atoms. The lowest BCUT2D eigenvalue weighted by molar-refractivity contribution is -0.137. The minimum Gasteiger partial charge on any atom is -0.591 e. The third-order valence-electron chi connectivity index (χ3n) is 1.80. The molecule has 0 radical (unpaired) electrons. The van der Waals surface area contributed by atoms with E-state index in [1.54, 1.807) is 13.8 Å². The van der Waals surface area contributed by atoms with E-state index in [0.717, 1.165) is 24.5 Å². The number of hydrogen-bond donors (Lipinski definition) is 0. The highest BCUT2D eigenvalue weighted by molar-refractivity contribution is 7.90. The standard InChI is InChI=1S/C10H11F3N2OS/c1-7(2)17(16)15-6-9-5-8(3-4-14-9)10(11,12)13/h3-7H,1-2H3/b15-6+. The van der Waals surface area contributed by atoms with Gasteiger partial charge < -0.3 is 4.55 Å². The Bertz CT molecular complexity index is 407. The fourth-order valence-electron chi connectivity index (χ4n) is 0.923. The largest absolute Gasteiger partial charge is 0.591 e. The molecule has 7 heteroatoms. The summed E-state index contributed by atoms with van der Waals surface area (Å²) >= 11 is -1.45. The second kappa shape index (κ2) is 5.50. The van der Waals surface area contributed by atoms with Gasteiger partial charge in [0.05, 0.1) is 22.6 Å². The molecule has 0 aliphatic carbocycles. The van der Waals surface area contributed by atoms with Crippen molar-refractivity contribution in [1.29, 1.82) is 0 Å². The van der Waals surface area contributed by atoms with Crippen molar-refractivity contribution in [3.05, 3.63) is 29.6 Å². The van der Waals surface area contributed by atoms with Crippen molar-refractivity contribution in [2.24, 2.45) is 4.40 Å². The Hall–Kier alpha value is -1.08. The third-order valence-corrected chi connectivity index (χ3v) is 2.92. The van der Waals surface area contributed by atoms with Crippen LogP contribution >= 0.6 is 0 Å². The van der Waals surface area contributed by atoms with Crippen LogP contribution in [0.3, 0.4) is 0 Å². The van der Waals surface area contributed by atoms with E-state index in [0.29, 0.717) is 0 Å². The van der Waals surface area contributed by atoms with Gasteiger partial charge in [-0.3, -0.25) is 4.98 Å². The number of hydrogen-bond acceptors (Lipinski definition) is 3. The van der Waals surface area contributed by atoms with E-state index in [1.807, 2.05) is 0 Å². The Labute approximate surface area is 100 Å². The van der Waals surface area contributed by atoms with Crippen LogP contribution in [0.15, 0.2) is 22.7 Å². The first-order valence-electron chi connectivity index (χ1n) is 4.78. The van der Waals surface area contributed by atoms with Crippen LogP contribution in [0.5, 0.6) is 0 Å². The Morgan fingerprint density at radius 3 is 2.65 bits per heavy atom. The summed E-state index contributed by atoms with van der Waals surface area (Å²) in [4.78, 5) is 3.70. The molecule has 1 aromatic heterocycles. The normalized spacial score (nSPS) is 14.5. The van der Waals surface area contributed by atoms with Crippen molar-refractivity contribution in [2.75, 3.05) is 0 Å². The SMILES string of the molecule is CC(C)[S+]([O-])/N=C/c1cc(C(F)(F)F)ccn1. The lowest BCUT2D eigenvalue weighted by atomic mass is 10.2. The monoisotopic (exact) mass is 264 g/mol. The van der Waals surface area contributed by atoms with Crippen LogP contribution in [0, 0.1) is 0 Å². The summed E-state index contributed by atoms with van der Waals surface area (Å²) in [6.07, 6.45) is -2.28. The molecule has 0 amide bonds. The minimum atomic E-state index is -4.41. The predicted octanol–water partition coefficient (Wildman–Crippen LogP) is 2.59. The number of aromatic nitrogens is 1. The number of halogens is 3. The van der Waals surface area contributed by atoms with Crippen LogP contribution < -0.4 is 0 Å². The maximum Gasteiger partial charge on any atom is 0.416 e. The van der Waals surface area contributed by atoms with Crippen LogP contribution in [0.25, 0.3) is 0 Å². The average molecular weight is 264 g/mol. The van der Waals surface area contributed by atoms with E-state index < -0.39 is 23.1 Å². The number of nitrogens with zero attached hydrogens (tertiary/aromatic N) is 2. The van der Waals surface area contributed by atoms with Gasteiger partial charge in [0.25, 0.3) is 0 Å². The van der Waals surface area contributed by atoms with Crippen LogP contribution in [0.1, 0.15) is 25.1 Å². The highest BCUT2D eigenvalue weighted by Crippen LogP contribution is 2.28. The van der Waals surface area contributed by atoms with Gasteiger partial charge in [0.15, 0.2) is 0 Å². The Morgan fingerprint density at radius 1 is 1.47 bits per heavy atom. The molecular formula is C10H11F3N2OS. The first-order chi connectivity index (χ1) is 7.80. The van der Waals surface area contributed by atoms with Crippen molar-refractivity contribution in [3.8, 4) is 0 Å². The van der Waals surface area contributed by atoms with Gasteiger partial charge in [0.1, 0.15) is 11.5 Å². The van der Waals surface area contributed by atoms with Crippen LogP contribution in [0.2, 0.25) is 0 Å². The minimum absolute atomic E-state index is 0.0359. The molecule has 1 heterocycles. The highest BCUT2D eigenvalue weighted by Gasteiger charge is 2.30. The smallest absolute Gasteiger partial charge is 0.416 e. The Kier molecular flexibility index (Phi) is 4.53. The van der Waals surface area contributed by atoms with Crippen molar-refractivity contribution in [1.82, 2.24) is 4.98 Å². The molecule has 1 aromatic rings. The molecule has 0 aliphatic heterocycles. The van der Waals surface area contributed by atoms with Gasteiger partial charge in [-0.2, -0.15) is 13.2 Å². The van der Waals surface area contributed by atoms with Gasteiger partial charge >= 0.3 is 6.18 Å². The van der Waals surface area contributed by atoms with Crippen LogP contribution in [0.4, 0.5) is 13.2 Å². The first-order valence-corrected chi connectivity index (χ1v) is 5.95. The molecule has 0 aromatic carbocycles. The van der Waals surface area contributed by atoms with Gasteiger partial charge in [-0.15, -0.1) is 0 Å². The summed E-state index contributed by atoms with van der Waals surface area (Å²) in [7, 11) is 0. The molecule has 0 spiro atoms. The summed E-state index contributed by atoms with van der Waals surface area (Å²) in [6, 6.07) is 1.73. The quantitative estimate of drug-likeness (QED) is 0.622. The van der Waals surface area contributed by atoms with Crippen molar-refractivity contribution in [2.45, 2.75) is 25.3 Å². The summed E-state index contributed by atoms with van der Waals surface area (Å²) in [6.45, 7) is 3.40. The fourth-order valence-corrected chi connectivity index (χ4v) is 1.38. The molecule has 1 unspecified atom stereocenters. The zero-order valence-electron chi connectivity index (χ0n) is 9.23. The first kappa shape index (κ1) is 14.0. The third kappa shape index (κ3) is 4.35. The van der Waals surface area contributed by atoms with E-state index in [-0.39, 0.29) is 10.9 Å². The highest BCUT2D eigenvalue weighted by atomic mass is 32.2. The summed E-state index contributed by atoms with van der Waals surface area (Å²) in [5.74, 6) is 0. The maximum absolute atomic E-state index is 12.4. The van der Waals surface area contributed by atoms with E-state index >= 15 is 0 Å². The number of alkyl halides is 3. The van der Waals surface area contributed by atoms with Crippen molar-refractivity contribution < 1.29 is 17.7 Å². The fraction of sp³-hybridized carbons (Fsp3) is 0.400. The molecule has 0 saturated heterocycles. The van der Waals surface area contributed by atoms with Gasteiger partial charge in [-0.1, -0.05) is 4.40 Å². The van der Waals surface area contributed by atoms with Crippen LogP contribution in [-0.2, 0) is 17.5 Å². The maximum atomic E-state index is 12.4. The lowest BCUT2D eigenvalue weighted by Gasteiger charge is -2.07. The van der Waals surface area contributed by atoms with E-state index in [2.05, 4.69) is 9.38 Å². The van der Waals surface area contributed by atoms with E-state index in [9.17, 15) is 17.7 Å². The van der Waals surface area contributed by atoms with E-state index in [4.69, 9.17) is 0 Å².